The highest BCUT2D eigenvalue weighted by Crippen LogP contribution is 2.21. The van der Waals surface area contributed by atoms with Crippen LogP contribution in [0.5, 0.6) is 0 Å². The maximum Gasteiger partial charge on any atom is 0.391 e. The van der Waals surface area contributed by atoms with Crippen molar-refractivity contribution in [1.29, 1.82) is 5.41 Å². The molecule has 18 heavy (non-hydrogen) atoms. The van der Waals surface area contributed by atoms with Gasteiger partial charge in [-0.25, -0.2) is 0 Å². The van der Waals surface area contributed by atoms with Crippen molar-refractivity contribution < 1.29 is 17.9 Å². The van der Waals surface area contributed by atoms with E-state index in [4.69, 9.17) is 27.5 Å². The van der Waals surface area contributed by atoms with E-state index < -0.39 is 19.2 Å². The van der Waals surface area contributed by atoms with E-state index in [0.717, 1.165) is 0 Å². The summed E-state index contributed by atoms with van der Waals surface area (Å²) in [7, 11) is 0. The van der Waals surface area contributed by atoms with E-state index in [1.54, 1.807) is 12.1 Å². The molecule has 0 saturated heterocycles. The molecule has 0 bridgehead atoms. The van der Waals surface area contributed by atoms with Gasteiger partial charge in [0.05, 0.1) is 19.6 Å². The molecule has 3 nitrogen and oxygen atoms in total. The van der Waals surface area contributed by atoms with Crippen molar-refractivity contribution in [3.05, 3.63) is 34.3 Å². The number of alkyl halides is 3. The van der Waals surface area contributed by atoms with E-state index in [-0.39, 0.29) is 12.4 Å². The van der Waals surface area contributed by atoms with Gasteiger partial charge in [0.15, 0.2) is 0 Å². The van der Waals surface area contributed by atoms with Gasteiger partial charge in [-0.05, 0) is 11.6 Å². The number of rotatable bonds is 5. The van der Waals surface area contributed by atoms with Gasteiger partial charge in [-0.15, -0.1) is 0 Å². The van der Waals surface area contributed by atoms with E-state index >= 15 is 0 Å². The van der Waals surface area contributed by atoms with Gasteiger partial charge in [0.2, 0.25) is 0 Å². The second-order valence-corrected chi connectivity index (χ2v) is 4.04. The van der Waals surface area contributed by atoms with Gasteiger partial charge >= 0.3 is 6.18 Å². The molecule has 0 amide bonds. The molecule has 0 radical (unpaired) electrons. The molecule has 100 valence electrons. The Morgan fingerprint density at radius 2 is 2.06 bits per heavy atom. The third kappa shape index (κ3) is 4.93. The van der Waals surface area contributed by atoms with Crippen LogP contribution in [0.15, 0.2) is 18.2 Å². The molecule has 0 heterocycles. The Kier molecular flexibility index (Phi) is 4.98. The summed E-state index contributed by atoms with van der Waals surface area (Å²) >= 11 is 5.89. The van der Waals surface area contributed by atoms with E-state index in [1.165, 1.54) is 6.07 Å². The third-order valence-electron chi connectivity index (χ3n) is 2.15. The summed E-state index contributed by atoms with van der Waals surface area (Å²) in [6.45, 7) is -0.415. The van der Waals surface area contributed by atoms with Crippen LogP contribution in [-0.2, 0) is 11.3 Å². The zero-order valence-electron chi connectivity index (χ0n) is 9.35. The van der Waals surface area contributed by atoms with Gasteiger partial charge in [0.25, 0.3) is 0 Å². The van der Waals surface area contributed by atoms with Crippen molar-refractivity contribution >= 4 is 17.4 Å². The van der Waals surface area contributed by atoms with Crippen molar-refractivity contribution in [2.75, 3.05) is 6.61 Å². The first-order valence-corrected chi connectivity index (χ1v) is 5.45. The number of ether oxygens (including phenoxy) is 1. The zero-order chi connectivity index (χ0) is 13.8. The smallest absolute Gasteiger partial charge is 0.384 e. The fourth-order valence-electron chi connectivity index (χ4n) is 1.20. The SMILES string of the molecule is N=C(N)c1ccc(COCCC(F)(F)F)c(Cl)c1. The maximum atomic E-state index is 11.9. The minimum Gasteiger partial charge on any atom is -0.384 e. The topological polar surface area (TPSA) is 59.1 Å². The Bertz CT molecular complexity index is 435. The molecule has 3 N–H and O–H groups in total. The molecule has 1 aromatic rings. The largest absolute Gasteiger partial charge is 0.391 e. The predicted octanol–water partition coefficient (Wildman–Crippen LogP) is 3.09. The zero-order valence-corrected chi connectivity index (χ0v) is 10.1. The lowest BCUT2D eigenvalue weighted by molar-refractivity contribution is -0.146. The van der Waals surface area contributed by atoms with E-state index in [0.29, 0.717) is 16.1 Å². The van der Waals surface area contributed by atoms with Crippen LogP contribution in [-0.4, -0.2) is 18.6 Å². The molecule has 7 heteroatoms. The molecule has 0 aliphatic rings. The molecule has 1 rings (SSSR count). The molecular weight excluding hydrogens is 269 g/mol. The summed E-state index contributed by atoms with van der Waals surface area (Å²) in [5.74, 6) is -0.124. The summed E-state index contributed by atoms with van der Waals surface area (Å²) < 4.78 is 40.5. The number of hydrogen-bond acceptors (Lipinski definition) is 2. The second kappa shape index (κ2) is 6.06. The average molecular weight is 281 g/mol. The Labute approximate surface area is 107 Å². The Hall–Kier alpha value is -1.27. The average Bonchev–Trinajstić information content (AvgIpc) is 2.24. The molecule has 0 atom stereocenters. The Morgan fingerprint density at radius 3 is 2.56 bits per heavy atom. The van der Waals surface area contributed by atoms with E-state index in [2.05, 4.69) is 0 Å². The molecule has 0 fully saturated rings. The quantitative estimate of drug-likeness (QED) is 0.495. The van der Waals surface area contributed by atoms with Gasteiger partial charge in [-0.2, -0.15) is 13.2 Å². The number of amidine groups is 1. The highest BCUT2D eigenvalue weighted by Gasteiger charge is 2.26. The molecule has 0 aliphatic heterocycles. The molecule has 0 aromatic heterocycles. The van der Waals surface area contributed by atoms with Crippen LogP contribution < -0.4 is 5.73 Å². The van der Waals surface area contributed by atoms with Gasteiger partial charge in [0.1, 0.15) is 5.84 Å². The summed E-state index contributed by atoms with van der Waals surface area (Å²) in [4.78, 5) is 0. The van der Waals surface area contributed by atoms with Crippen molar-refractivity contribution in [1.82, 2.24) is 0 Å². The van der Waals surface area contributed by atoms with Crippen LogP contribution in [0.3, 0.4) is 0 Å². The fourth-order valence-corrected chi connectivity index (χ4v) is 1.44. The minimum absolute atomic E-state index is 0.00685. The number of nitrogen functional groups attached to an aromatic ring is 1. The molecule has 0 spiro atoms. The van der Waals surface area contributed by atoms with Crippen molar-refractivity contribution in [3.63, 3.8) is 0 Å². The van der Waals surface area contributed by atoms with E-state index in [1.807, 2.05) is 0 Å². The lowest BCUT2D eigenvalue weighted by Crippen LogP contribution is -2.12. The normalized spacial score (nSPS) is 11.6. The highest BCUT2D eigenvalue weighted by molar-refractivity contribution is 6.31. The maximum absolute atomic E-state index is 11.9. The number of hydrogen-bond donors (Lipinski definition) is 2. The summed E-state index contributed by atoms with van der Waals surface area (Å²) in [5, 5.41) is 7.52. The summed E-state index contributed by atoms with van der Waals surface area (Å²) in [5.41, 5.74) is 6.29. The van der Waals surface area contributed by atoms with Crippen molar-refractivity contribution in [2.24, 2.45) is 5.73 Å². The van der Waals surface area contributed by atoms with Crippen LogP contribution in [0.4, 0.5) is 13.2 Å². The number of nitrogens with one attached hydrogen (secondary N) is 1. The van der Waals surface area contributed by atoms with Crippen LogP contribution in [0, 0.1) is 5.41 Å². The first kappa shape index (κ1) is 14.8. The van der Waals surface area contributed by atoms with Gasteiger partial charge in [0, 0.05) is 10.6 Å². The Balaban J connectivity index is 2.51. The predicted molar refractivity (Wildman–Crippen MR) is 62.8 cm³/mol. The first-order chi connectivity index (χ1) is 8.29. The minimum atomic E-state index is -4.22. The molecule has 0 saturated carbocycles. The summed E-state index contributed by atoms with van der Waals surface area (Å²) in [6.07, 6.45) is -5.21. The molecule has 0 unspecified atom stereocenters. The second-order valence-electron chi connectivity index (χ2n) is 3.64. The Morgan fingerprint density at radius 1 is 1.39 bits per heavy atom. The molecule has 1 aromatic carbocycles. The number of nitrogens with two attached hydrogens (primary N) is 1. The summed E-state index contributed by atoms with van der Waals surface area (Å²) in [6, 6.07) is 4.62. The van der Waals surface area contributed by atoms with Crippen LogP contribution in [0.25, 0.3) is 0 Å². The van der Waals surface area contributed by atoms with Gasteiger partial charge < -0.3 is 10.5 Å². The lowest BCUT2D eigenvalue weighted by atomic mass is 10.1. The highest BCUT2D eigenvalue weighted by atomic mass is 35.5. The van der Waals surface area contributed by atoms with Crippen molar-refractivity contribution in [2.45, 2.75) is 19.2 Å². The van der Waals surface area contributed by atoms with Crippen LogP contribution in [0.2, 0.25) is 5.02 Å². The van der Waals surface area contributed by atoms with Gasteiger partial charge in [-0.3, -0.25) is 5.41 Å². The standard InChI is InChI=1S/C11H12ClF3N2O/c12-9-5-7(10(16)17)1-2-8(9)6-18-4-3-11(13,14)15/h1-2,5H,3-4,6H2,(H3,16,17). The number of benzene rings is 1. The van der Waals surface area contributed by atoms with E-state index in [9.17, 15) is 13.2 Å². The first-order valence-electron chi connectivity index (χ1n) is 5.07. The number of halogens is 4. The molecule has 0 aliphatic carbocycles. The molecular formula is C11H12ClF3N2O. The fraction of sp³-hybridized carbons (Fsp3) is 0.364. The van der Waals surface area contributed by atoms with Crippen LogP contribution >= 0.6 is 11.6 Å². The third-order valence-corrected chi connectivity index (χ3v) is 2.50. The monoisotopic (exact) mass is 280 g/mol. The van der Waals surface area contributed by atoms with Crippen molar-refractivity contribution in [3.8, 4) is 0 Å². The lowest BCUT2D eigenvalue weighted by Gasteiger charge is -2.09. The van der Waals surface area contributed by atoms with Crippen LogP contribution in [0.1, 0.15) is 17.5 Å². The van der Waals surface area contributed by atoms with Gasteiger partial charge in [-0.1, -0.05) is 23.7 Å².